The minimum Gasteiger partial charge on any atom is -0.297 e. The number of ketones is 1. The first-order valence-electron chi connectivity index (χ1n) is 7.19. The van der Waals surface area contributed by atoms with Gasteiger partial charge in [0, 0.05) is 24.0 Å². The van der Waals surface area contributed by atoms with Crippen molar-refractivity contribution in [1.29, 1.82) is 0 Å². The van der Waals surface area contributed by atoms with Gasteiger partial charge in [-0.2, -0.15) is 0 Å². The van der Waals surface area contributed by atoms with Crippen LogP contribution in [0.4, 0.5) is 0 Å². The number of aromatic nitrogens is 2. The third-order valence-corrected chi connectivity index (χ3v) is 3.70. The summed E-state index contributed by atoms with van der Waals surface area (Å²) >= 11 is 0. The van der Waals surface area contributed by atoms with E-state index in [0.29, 0.717) is 0 Å². The molecule has 0 fully saturated rings. The molecule has 2 aromatic rings. The Morgan fingerprint density at radius 1 is 1.10 bits per heavy atom. The summed E-state index contributed by atoms with van der Waals surface area (Å²) in [6, 6.07) is 4.10. The standard InChI is InChI=1S/C17H22N2O2/c1-11(2)19-7-6-18(17(19)21)10-15(20)16-13(4)8-12(3)9-14(16)5/h6-9,11H,10H2,1-5H3. The lowest BCUT2D eigenvalue weighted by atomic mass is 9.96. The molecule has 0 saturated heterocycles. The second-order valence-electron chi connectivity index (χ2n) is 5.91. The smallest absolute Gasteiger partial charge is 0.297 e. The van der Waals surface area contributed by atoms with Crippen molar-refractivity contribution >= 4 is 5.78 Å². The van der Waals surface area contributed by atoms with Crippen LogP contribution in [0.2, 0.25) is 0 Å². The largest absolute Gasteiger partial charge is 0.328 e. The lowest BCUT2D eigenvalue weighted by molar-refractivity contribution is 0.0969. The highest BCUT2D eigenvalue weighted by atomic mass is 16.2. The number of aryl methyl sites for hydroxylation is 3. The average molecular weight is 286 g/mol. The number of carbonyl (C=O) groups is 1. The van der Waals surface area contributed by atoms with Gasteiger partial charge in [0.2, 0.25) is 0 Å². The molecule has 0 aliphatic heterocycles. The van der Waals surface area contributed by atoms with E-state index in [1.54, 1.807) is 17.0 Å². The molecule has 0 spiro atoms. The van der Waals surface area contributed by atoms with E-state index in [4.69, 9.17) is 0 Å². The van der Waals surface area contributed by atoms with E-state index in [1.807, 2.05) is 46.8 Å². The molecule has 112 valence electrons. The fraction of sp³-hybridized carbons (Fsp3) is 0.412. The Labute approximate surface area is 125 Å². The van der Waals surface area contributed by atoms with Gasteiger partial charge in [0.1, 0.15) is 0 Å². The van der Waals surface area contributed by atoms with Gasteiger partial charge in [0.15, 0.2) is 5.78 Å². The molecule has 0 aliphatic carbocycles. The molecule has 4 nitrogen and oxygen atoms in total. The molecule has 4 heteroatoms. The van der Waals surface area contributed by atoms with Crippen LogP contribution in [0.5, 0.6) is 0 Å². The lowest BCUT2D eigenvalue weighted by Crippen LogP contribution is -2.28. The van der Waals surface area contributed by atoms with Crippen molar-refractivity contribution in [3.63, 3.8) is 0 Å². The van der Waals surface area contributed by atoms with Gasteiger partial charge in [0.05, 0.1) is 6.54 Å². The number of hydrogen-bond acceptors (Lipinski definition) is 2. The van der Waals surface area contributed by atoms with E-state index >= 15 is 0 Å². The molecule has 0 saturated carbocycles. The second-order valence-corrected chi connectivity index (χ2v) is 5.91. The van der Waals surface area contributed by atoms with Gasteiger partial charge >= 0.3 is 5.69 Å². The molecular weight excluding hydrogens is 264 g/mol. The molecule has 0 unspecified atom stereocenters. The monoisotopic (exact) mass is 286 g/mol. The van der Waals surface area contributed by atoms with Crippen LogP contribution in [0.1, 0.15) is 46.9 Å². The average Bonchev–Trinajstić information content (AvgIpc) is 2.69. The van der Waals surface area contributed by atoms with Crippen LogP contribution < -0.4 is 5.69 Å². The Hall–Kier alpha value is -2.10. The molecule has 21 heavy (non-hydrogen) atoms. The maximum absolute atomic E-state index is 12.5. The molecular formula is C17H22N2O2. The lowest BCUT2D eigenvalue weighted by Gasteiger charge is -2.10. The third-order valence-electron chi connectivity index (χ3n) is 3.70. The molecule has 2 rings (SSSR count). The van der Waals surface area contributed by atoms with Gasteiger partial charge in [-0.1, -0.05) is 17.7 Å². The summed E-state index contributed by atoms with van der Waals surface area (Å²) in [4.78, 5) is 24.7. The Bertz CT molecular complexity index is 712. The summed E-state index contributed by atoms with van der Waals surface area (Å²) in [6.07, 6.45) is 3.41. The van der Waals surface area contributed by atoms with Gasteiger partial charge in [-0.3, -0.25) is 13.9 Å². The molecule has 0 N–H and O–H groups in total. The van der Waals surface area contributed by atoms with E-state index in [9.17, 15) is 9.59 Å². The second kappa shape index (κ2) is 5.72. The van der Waals surface area contributed by atoms with Gasteiger partial charge in [-0.05, 0) is 45.7 Å². The van der Waals surface area contributed by atoms with Crippen molar-refractivity contribution < 1.29 is 4.79 Å². The summed E-state index contributed by atoms with van der Waals surface area (Å²) in [7, 11) is 0. The molecule has 0 aliphatic rings. The molecule has 0 atom stereocenters. The maximum atomic E-state index is 12.5. The quantitative estimate of drug-likeness (QED) is 0.811. The minimum absolute atomic E-state index is 0.0198. The first-order valence-corrected chi connectivity index (χ1v) is 7.19. The number of carbonyl (C=O) groups excluding carboxylic acids is 1. The highest BCUT2D eigenvalue weighted by Crippen LogP contribution is 2.17. The van der Waals surface area contributed by atoms with Crippen LogP contribution in [0.25, 0.3) is 0 Å². The Balaban J connectivity index is 2.33. The summed E-state index contributed by atoms with van der Waals surface area (Å²) < 4.78 is 3.10. The molecule has 1 aromatic heterocycles. The molecule has 1 heterocycles. The zero-order valence-electron chi connectivity index (χ0n) is 13.3. The topological polar surface area (TPSA) is 44.0 Å². The number of hydrogen-bond donors (Lipinski definition) is 0. The third kappa shape index (κ3) is 2.99. The highest BCUT2D eigenvalue weighted by Gasteiger charge is 2.15. The fourth-order valence-electron chi connectivity index (χ4n) is 2.80. The van der Waals surface area contributed by atoms with Crippen LogP contribution >= 0.6 is 0 Å². The minimum atomic E-state index is -0.138. The van der Waals surface area contributed by atoms with E-state index in [0.717, 1.165) is 22.3 Å². The van der Waals surface area contributed by atoms with Crippen LogP contribution in [-0.2, 0) is 6.54 Å². The molecule has 1 aromatic carbocycles. The SMILES string of the molecule is Cc1cc(C)c(C(=O)Cn2ccn(C(C)C)c2=O)c(C)c1. The van der Waals surface area contributed by atoms with Gasteiger partial charge in [-0.15, -0.1) is 0 Å². The number of imidazole rings is 1. The first-order chi connectivity index (χ1) is 9.81. The van der Waals surface area contributed by atoms with E-state index in [-0.39, 0.29) is 24.1 Å². The van der Waals surface area contributed by atoms with Crippen LogP contribution in [0, 0.1) is 20.8 Å². The summed E-state index contributed by atoms with van der Waals surface area (Å²) in [5.74, 6) is -0.0198. The van der Waals surface area contributed by atoms with Crippen molar-refractivity contribution in [2.75, 3.05) is 0 Å². The molecule has 0 amide bonds. The van der Waals surface area contributed by atoms with Crippen molar-refractivity contribution in [1.82, 2.24) is 9.13 Å². The summed E-state index contributed by atoms with van der Waals surface area (Å²) in [5.41, 5.74) is 3.66. The predicted octanol–water partition coefficient (Wildman–Crippen LogP) is 3.04. The Morgan fingerprint density at radius 3 is 2.14 bits per heavy atom. The zero-order valence-corrected chi connectivity index (χ0v) is 13.3. The van der Waals surface area contributed by atoms with E-state index in [1.165, 1.54) is 4.57 Å². The van der Waals surface area contributed by atoms with Gasteiger partial charge in [-0.25, -0.2) is 4.79 Å². The van der Waals surface area contributed by atoms with Crippen molar-refractivity contribution in [3.8, 4) is 0 Å². The van der Waals surface area contributed by atoms with E-state index < -0.39 is 0 Å². The van der Waals surface area contributed by atoms with Gasteiger partial charge in [0.25, 0.3) is 0 Å². The van der Waals surface area contributed by atoms with E-state index in [2.05, 4.69) is 0 Å². The number of rotatable bonds is 4. The van der Waals surface area contributed by atoms with Crippen LogP contribution in [-0.4, -0.2) is 14.9 Å². The van der Waals surface area contributed by atoms with Crippen LogP contribution in [0.3, 0.4) is 0 Å². The highest BCUT2D eigenvalue weighted by molar-refractivity contribution is 5.98. The number of benzene rings is 1. The predicted molar refractivity (Wildman–Crippen MR) is 84.1 cm³/mol. The molecule has 0 radical (unpaired) electrons. The fourth-order valence-corrected chi connectivity index (χ4v) is 2.80. The normalized spacial score (nSPS) is 11.1. The molecule has 0 bridgehead atoms. The Kier molecular flexibility index (Phi) is 4.16. The number of nitrogens with zero attached hydrogens (tertiary/aromatic N) is 2. The zero-order chi connectivity index (χ0) is 15.7. The maximum Gasteiger partial charge on any atom is 0.328 e. The number of Topliss-reactive ketones (excluding diaryl/α,β-unsaturated/α-hetero) is 1. The Morgan fingerprint density at radius 2 is 1.67 bits per heavy atom. The van der Waals surface area contributed by atoms with Crippen molar-refractivity contribution in [2.24, 2.45) is 0 Å². The van der Waals surface area contributed by atoms with Gasteiger partial charge < -0.3 is 0 Å². The van der Waals surface area contributed by atoms with Crippen LogP contribution in [0.15, 0.2) is 29.3 Å². The first kappa shape index (κ1) is 15.3. The van der Waals surface area contributed by atoms with Crippen molar-refractivity contribution in [3.05, 3.63) is 57.3 Å². The summed E-state index contributed by atoms with van der Waals surface area (Å²) in [5, 5.41) is 0. The van der Waals surface area contributed by atoms with Crippen molar-refractivity contribution in [2.45, 2.75) is 47.2 Å². The summed E-state index contributed by atoms with van der Waals surface area (Å²) in [6.45, 7) is 9.87.